The molecule has 0 saturated carbocycles. The number of carboxylic acid groups (broad SMARTS) is 1. The first-order chi connectivity index (χ1) is 8.89. The molecule has 0 aliphatic carbocycles. The maximum atomic E-state index is 11.6. The molecule has 9 heteroatoms. The Balaban J connectivity index is 4.91. The predicted octanol–water partition coefficient (Wildman–Crippen LogP) is 0.00288. The van der Waals surface area contributed by atoms with Crippen LogP contribution in [0.25, 0.3) is 0 Å². The van der Waals surface area contributed by atoms with Gasteiger partial charge in [-0.15, -0.1) is 0 Å². The van der Waals surface area contributed by atoms with Gasteiger partial charge in [-0.3, -0.25) is 9.59 Å². The second kappa shape index (κ2) is 6.67. The van der Waals surface area contributed by atoms with E-state index in [0.717, 1.165) is 6.92 Å². The van der Waals surface area contributed by atoms with Gasteiger partial charge < -0.3 is 9.84 Å². The van der Waals surface area contributed by atoms with E-state index in [1.54, 1.807) is 20.8 Å². The number of esters is 1. The van der Waals surface area contributed by atoms with Crippen LogP contribution in [0.1, 0.15) is 34.1 Å². The Bertz CT molecular complexity index is 514. The Kier molecular flexibility index (Phi) is 6.12. The number of nitriles is 1. The zero-order valence-electron chi connectivity index (χ0n) is 11.7. The molecule has 0 radical (unpaired) electrons. The van der Waals surface area contributed by atoms with Crippen molar-refractivity contribution in [1.29, 1.82) is 5.26 Å². The van der Waals surface area contributed by atoms with Crippen molar-refractivity contribution in [3.63, 3.8) is 0 Å². The van der Waals surface area contributed by atoms with Gasteiger partial charge in [0, 0.05) is 0 Å². The zero-order chi connectivity index (χ0) is 16.1. The minimum atomic E-state index is -4.14. The van der Waals surface area contributed by atoms with Gasteiger partial charge in [-0.1, -0.05) is 0 Å². The van der Waals surface area contributed by atoms with Crippen LogP contribution in [0.15, 0.2) is 0 Å². The summed E-state index contributed by atoms with van der Waals surface area (Å²) in [6.45, 7) is 5.91. The Morgan fingerprint density at radius 1 is 1.40 bits per heavy atom. The molecule has 2 N–H and O–H groups in total. The lowest BCUT2D eigenvalue weighted by atomic mass is 10.2. The third-order valence-electron chi connectivity index (χ3n) is 2.04. The van der Waals surface area contributed by atoms with Crippen molar-refractivity contribution in [3.8, 4) is 6.07 Å². The highest BCUT2D eigenvalue weighted by Crippen LogP contribution is 2.10. The lowest BCUT2D eigenvalue weighted by Crippen LogP contribution is -2.45. The van der Waals surface area contributed by atoms with Crippen LogP contribution in [0, 0.1) is 11.3 Å². The number of sulfonamides is 1. The van der Waals surface area contributed by atoms with Crippen LogP contribution >= 0.6 is 0 Å². The molecule has 0 aromatic heterocycles. The largest absolute Gasteiger partial charge is 0.480 e. The summed E-state index contributed by atoms with van der Waals surface area (Å²) in [5, 5.41) is 16.0. The number of nitrogens with zero attached hydrogens (tertiary/aromatic N) is 1. The number of carbonyl (C=O) groups excluding carboxylic acids is 1. The quantitative estimate of drug-likeness (QED) is 0.660. The number of ether oxygens (including phenoxy) is 1. The molecule has 0 saturated heterocycles. The Morgan fingerprint density at radius 3 is 2.25 bits per heavy atom. The number of nitrogens with one attached hydrogen (secondary N) is 1. The Hall–Kier alpha value is -1.66. The highest BCUT2D eigenvalue weighted by Gasteiger charge is 2.31. The second-order valence-electron chi connectivity index (χ2n) is 5.12. The normalized spacial score (nSPS) is 14.9. The first kappa shape index (κ1) is 18.3. The summed E-state index contributed by atoms with van der Waals surface area (Å²) in [4.78, 5) is 22.5. The van der Waals surface area contributed by atoms with Crippen molar-refractivity contribution in [2.24, 2.45) is 0 Å². The van der Waals surface area contributed by atoms with Gasteiger partial charge in [0.1, 0.15) is 11.6 Å². The molecule has 1 unspecified atom stereocenters. The van der Waals surface area contributed by atoms with Gasteiger partial charge in [-0.2, -0.15) is 9.98 Å². The third kappa shape index (κ3) is 6.49. The van der Waals surface area contributed by atoms with Gasteiger partial charge in [0.15, 0.2) is 5.25 Å². The van der Waals surface area contributed by atoms with Gasteiger partial charge in [0.2, 0.25) is 10.0 Å². The van der Waals surface area contributed by atoms with Gasteiger partial charge in [0.05, 0.1) is 12.5 Å². The molecule has 0 heterocycles. The van der Waals surface area contributed by atoms with Crippen molar-refractivity contribution < 1.29 is 27.9 Å². The number of hydrogen-bond donors (Lipinski definition) is 2. The molecule has 2 atom stereocenters. The van der Waals surface area contributed by atoms with E-state index in [2.05, 4.69) is 0 Å². The molecule has 0 aromatic rings. The molecule has 20 heavy (non-hydrogen) atoms. The maximum absolute atomic E-state index is 11.6. The van der Waals surface area contributed by atoms with Gasteiger partial charge in [0.25, 0.3) is 0 Å². The highest BCUT2D eigenvalue weighted by molar-refractivity contribution is 7.90. The summed E-state index contributed by atoms with van der Waals surface area (Å²) in [7, 11) is -4.14. The lowest BCUT2D eigenvalue weighted by molar-refractivity contribution is -0.158. The fourth-order valence-electron chi connectivity index (χ4n) is 1.10. The van der Waals surface area contributed by atoms with E-state index in [-0.39, 0.29) is 0 Å². The average molecular weight is 306 g/mol. The van der Waals surface area contributed by atoms with Gasteiger partial charge in [-0.25, -0.2) is 8.42 Å². The first-order valence-electron chi connectivity index (χ1n) is 5.74. The lowest BCUT2D eigenvalue weighted by Gasteiger charge is -2.21. The molecule has 114 valence electrons. The van der Waals surface area contributed by atoms with Crippen LogP contribution in [-0.4, -0.2) is 42.4 Å². The van der Waals surface area contributed by atoms with Crippen LogP contribution in [0.4, 0.5) is 0 Å². The van der Waals surface area contributed by atoms with Crippen LogP contribution < -0.4 is 4.72 Å². The van der Waals surface area contributed by atoms with Crippen molar-refractivity contribution in [1.82, 2.24) is 4.72 Å². The second-order valence-corrected chi connectivity index (χ2v) is 7.15. The Morgan fingerprint density at radius 2 is 1.90 bits per heavy atom. The van der Waals surface area contributed by atoms with E-state index >= 15 is 0 Å². The van der Waals surface area contributed by atoms with Crippen LogP contribution in [-0.2, 0) is 24.3 Å². The van der Waals surface area contributed by atoms with Gasteiger partial charge in [-0.05, 0) is 27.7 Å². The molecule has 8 nitrogen and oxygen atoms in total. The number of rotatable bonds is 6. The average Bonchev–Trinajstić information content (AvgIpc) is 2.23. The molecule has 0 spiro atoms. The number of hydrogen-bond acceptors (Lipinski definition) is 6. The van der Waals surface area contributed by atoms with Crippen LogP contribution in [0.5, 0.6) is 0 Å². The van der Waals surface area contributed by atoms with E-state index in [9.17, 15) is 18.0 Å². The first-order valence-corrected chi connectivity index (χ1v) is 7.29. The van der Waals surface area contributed by atoms with E-state index in [4.69, 9.17) is 15.1 Å². The summed E-state index contributed by atoms with van der Waals surface area (Å²) >= 11 is 0. The predicted molar refractivity (Wildman–Crippen MR) is 69.0 cm³/mol. The smallest absolute Gasteiger partial charge is 0.322 e. The minimum absolute atomic E-state index is 0.663. The maximum Gasteiger partial charge on any atom is 0.322 e. The van der Waals surface area contributed by atoms with Crippen molar-refractivity contribution in [2.45, 2.75) is 51.0 Å². The molecule has 0 bridgehead atoms. The Labute approximate surface area is 117 Å². The van der Waals surface area contributed by atoms with E-state index in [1.165, 1.54) is 6.07 Å². The summed E-state index contributed by atoms with van der Waals surface area (Å²) in [6, 6.07) is -0.194. The highest BCUT2D eigenvalue weighted by atomic mass is 32.2. The fraction of sp³-hybridized carbons (Fsp3) is 0.727. The fourth-order valence-corrected chi connectivity index (χ4v) is 2.02. The molecule has 0 aliphatic heterocycles. The SMILES string of the molecule is CC(C#N)S(=O)(=O)N[C@@H](CC(=O)OC(C)(C)C)C(=O)O. The van der Waals surface area contributed by atoms with E-state index in [1.807, 2.05) is 4.72 Å². The zero-order valence-corrected chi connectivity index (χ0v) is 12.5. The molecule has 0 aromatic carbocycles. The van der Waals surface area contributed by atoms with E-state index in [0.29, 0.717) is 0 Å². The third-order valence-corrected chi connectivity index (χ3v) is 3.69. The van der Waals surface area contributed by atoms with Crippen LogP contribution in [0.3, 0.4) is 0 Å². The summed E-state index contributed by atoms with van der Waals surface area (Å²) in [6.07, 6.45) is -0.663. The number of aliphatic carboxylic acids is 1. The van der Waals surface area contributed by atoms with Crippen LogP contribution in [0.2, 0.25) is 0 Å². The molecule has 0 amide bonds. The van der Waals surface area contributed by atoms with Crippen molar-refractivity contribution in [3.05, 3.63) is 0 Å². The van der Waals surface area contributed by atoms with E-state index < -0.39 is 45.3 Å². The number of carboxylic acids is 1. The molecular formula is C11H18N2O6S. The van der Waals surface area contributed by atoms with Gasteiger partial charge >= 0.3 is 11.9 Å². The van der Waals surface area contributed by atoms with Crippen molar-refractivity contribution >= 4 is 22.0 Å². The summed E-state index contributed by atoms with van der Waals surface area (Å²) in [5.74, 6) is -2.37. The minimum Gasteiger partial charge on any atom is -0.480 e. The molecule has 0 aliphatic rings. The number of carbonyl (C=O) groups is 2. The van der Waals surface area contributed by atoms with Crippen molar-refractivity contribution in [2.75, 3.05) is 0 Å². The summed E-state index contributed by atoms with van der Waals surface area (Å²) < 4.78 is 29.9. The topological polar surface area (TPSA) is 134 Å². The molecule has 0 rings (SSSR count). The molecular weight excluding hydrogens is 288 g/mol. The molecule has 0 fully saturated rings. The standard InChI is InChI=1S/C11H18N2O6S/c1-7(6-12)20(17,18)13-8(10(15)16)5-9(14)19-11(2,3)4/h7-8,13H,5H2,1-4H3,(H,15,16)/t7?,8-/m0/s1. The monoisotopic (exact) mass is 306 g/mol. The summed E-state index contributed by atoms with van der Waals surface area (Å²) in [5.41, 5.74) is -0.807.